The monoisotopic (exact) mass is 578 g/mol. The summed E-state index contributed by atoms with van der Waals surface area (Å²) in [5.41, 5.74) is 6.08. The maximum Gasteiger partial charge on any atom is 0.341 e. The molecule has 1 aliphatic heterocycles. The van der Waals surface area contributed by atoms with E-state index in [1.54, 1.807) is 12.3 Å². The van der Waals surface area contributed by atoms with Gasteiger partial charge in [0.1, 0.15) is 11.6 Å². The van der Waals surface area contributed by atoms with Gasteiger partial charge in [-0.25, -0.2) is 14.8 Å². The Balaban J connectivity index is 1.77. The zero-order chi connectivity index (χ0) is 28.3. The van der Waals surface area contributed by atoms with Gasteiger partial charge in [0, 0.05) is 19.2 Å². The number of ether oxygens (including phenoxy) is 5. The van der Waals surface area contributed by atoms with E-state index in [0.29, 0.717) is 5.69 Å². The molecule has 4 rings (SSSR count). The average molecular weight is 579 g/mol. The van der Waals surface area contributed by atoms with Crippen LogP contribution in [0.5, 0.6) is 0 Å². The third-order valence-electron chi connectivity index (χ3n) is 5.63. The highest BCUT2D eigenvalue weighted by Gasteiger charge is 2.62. The van der Waals surface area contributed by atoms with Gasteiger partial charge in [-0.2, -0.15) is 9.97 Å². The lowest BCUT2D eigenvalue weighted by Gasteiger charge is -2.32. The first-order valence-electron chi connectivity index (χ1n) is 11.4. The Labute approximate surface area is 230 Å². The molecular formula is C23H23ClN6O8S. The van der Waals surface area contributed by atoms with E-state index in [1.165, 1.54) is 27.7 Å². The van der Waals surface area contributed by atoms with Gasteiger partial charge in [0.05, 0.1) is 30.7 Å². The van der Waals surface area contributed by atoms with Crippen molar-refractivity contribution >= 4 is 57.8 Å². The van der Waals surface area contributed by atoms with Gasteiger partial charge < -0.3 is 29.4 Å². The van der Waals surface area contributed by atoms with E-state index in [0.717, 1.165) is 13.8 Å². The van der Waals surface area contributed by atoms with E-state index in [1.807, 2.05) is 0 Å². The summed E-state index contributed by atoms with van der Waals surface area (Å²) in [6.45, 7) is 3.62. The quantitative estimate of drug-likeness (QED) is 0.167. The number of aromatic nitrogens is 5. The Hall–Kier alpha value is -3.84. The number of anilines is 1. The molecule has 2 N–H and O–H groups in total. The molecule has 3 aromatic rings. The number of esters is 3. The molecule has 39 heavy (non-hydrogen) atoms. The molecule has 0 spiro atoms. The fraction of sp³-hybridized carbons (Fsp3) is 0.435. The van der Waals surface area contributed by atoms with Crippen molar-refractivity contribution in [1.29, 1.82) is 0 Å². The van der Waals surface area contributed by atoms with Crippen LogP contribution in [0.3, 0.4) is 0 Å². The normalized spacial score (nSPS) is 23.2. The standard InChI is InChI=1S/C23H23ClN6O8S/c1-5-23(38-12(4)32)14(7-35-16(21(33)34-6-2)13-8-39-10-27-13)37-20(17(23)36-11(3)31)30-9-26-15-18(25)28-22(24)29-19(15)30/h1,8-10,14,16-17,20H,6-7H2,2-4H3,(H2,25,28,29)/t14-,16?,17+,20-,23-/m1/s1. The van der Waals surface area contributed by atoms with Gasteiger partial charge in [0.15, 0.2) is 23.8 Å². The van der Waals surface area contributed by atoms with Crippen LogP contribution in [0.1, 0.15) is 38.8 Å². The second-order valence-electron chi connectivity index (χ2n) is 8.16. The number of nitrogens with two attached hydrogens (primary N) is 1. The van der Waals surface area contributed by atoms with Crippen LogP contribution >= 0.6 is 22.9 Å². The Morgan fingerprint density at radius 3 is 2.69 bits per heavy atom. The van der Waals surface area contributed by atoms with Crippen molar-refractivity contribution in [2.75, 3.05) is 18.9 Å². The lowest BCUT2D eigenvalue weighted by atomic mass is 9.92. The summed E-state index contributed by atoms with van der Waals surface area (Å²) >= 11 is 7.26. The Bertz CT molecular complexity index is 1430. The first-order valence-corrected chi connectivity index (χ1v) is 12.7. The Morgan fingerprint density at radius 2 is 2.08 bits per heavy atom. The van der Waals surface area contributed by atoms with Crippen molar-refractivity contribution in [2.45, 2.75) is 50.9 Å². The molecule has 0 saturated carbocycles. The fourth-order valence-corrected chi connectivity index (χ4v) is 4.86. The van der Waals surface area contributed by atoms with E-state index < -0.39 is 54.7 Å². The second kappa shape index (κ2) is 11.5. The molecule has 0 radical (unpaired) electrons. The molecule has 4 heterocycles. The highest BCUT2D eigenvalue weighted by molar-refractivity contribution is 7.07. The summed E-state index contributed by atoms with van der Waals surface area (Å²) in [6.07, 6.45) is 2.07. The molecule has 0 aliphatic carbocycles. The molecule has 0 amide bonds. The van der Waals surface area contributed by atoms with Gasteiger partial charge in [-0.05, 0) is 18.5 Å². The first kappa shape index (κ1) is 28.2. The number of nitrogen functional groups attached to an aromatic ring is 1. The predicted octanol–water partition coefficient (Wildman–Crippen LogP) is 1.60. The van der Waals surface area contributed by atoms with Crippen LogP contribution in [0.15, 0.2) is 17.2 Å². The van der Waals surface area contributed by atoms with Gasteiger partial charge in [-0.1, -0.05) is 5.92 Å². The van der Waals surface area contributed by atoms with E-state index in [4.69, 9.17) is 47.4 Å². The van der Waals surface area contributed by atoms with Crippen LogP contribution in [0.2, 0.25) is 5.28 Å². The number of carbonyl (C=O) groups excluding carboxylic acids is 3. The topological polar surface area (TPSA) is 180 Å². The predicted molar refractivity (Wildman–Crippen MR) is 135 cm³/mol. The molecule has 1 unspecified atom stereocenters. The lowest BCUT2D eigenvalue weighted by Crippen LogP contribution is -2.53. The number of nitrogens with zero attached hydrogens (tertiary/aromatic N) is 5. The number of imidazole rings is 1. The maximum absolute atomic E-state index is 12.7. The van der Waals surface area contributed by atoms with Crippen molar-refractivity contribution in [2.24, 2.45) is 0 Å². The second-order valence-corrected chi connectivity index (χ2v) is 9.21. The zero-order valence-electron chi connectivity index (χ0n) is 20.9. The average Bonchev–Trinajstić information content (AvgIpc) is 3.59. The minimum atomic E-state index is -2.00. The molecule has 14 nitrogen and oxygen atoms in total. The van der Waals surface area contributed by atoms with Crippen LogP contribution in [0.25, 0.3) is 11.2 Å². The summed E-state index contributed by atoms with van der Waals surface area (Å²) in [4.78, 5) is 53.5. The summed E-state index contributed by atoms with van der Waals surface area (Å²) in [5.74, 6) is 0.183. The third kappa shape index (κ3) is 5.50. The van der Waals surface area contributed by atoms with Crippen molar-refractivity contribution in [3.8, 4) is 12.3 Å². The van der Waals surface area contributed by atoms with Crippen molar-refractivity contribution in [3.63, 3.8) is 0 Å². The third-order valence-corrected chi connectivity index (χ3v) is 6.40. The summed E-state index contributed by atoms with van der Waals surface area (Å²) < 4.78 is 29.7. The maximum atomic E-state index is 12.7. The minimum absolute atomic E-state index is 0.00518. The highest BCUT2D eigenvalue weighted by Crippen LogP contribution is 2.43. The van der Waals surface area contributed by atoms with Gasteiger partial charge >= 0.3 is 17.9 Å². The molecule has 3 aromatic heterocycles. The minimum Gasteiger partial charge on any atom is -0.464 e. The van der Waals surface area contributed by atoms with E-state index >= 15 is 0 Å². The largest absolute Gasteiger partial charge is 0.464 e. The first-order chi connectivity index (χ1) is 18.6. The summed E-state index contributed by atoms with van der Waals surface area (Å²) in [5, 5.41) is 1.44. The number of hydrogen-bond donors (Lipinski definition) is 1. The van der Waals surface area contributed by atoms with Gasteiger partial charge in [0.25, 0.3) is 0 Å². The molecule has 5 atom stereocenters. The number of rotatable bonds is 9. The Morgan fingerprint density at radius 1 is 1.31 bits per heavy atom. The number of carbonyl (C=O) groups is 3. The SMILES string of the molecule is C#C[C@@]1(OC(C)=O)[C@@H](COC(C(=O)OCC)c2cscn2)O[C@@H](n2cnc3c(N)nc(Cl)nc32)[C@@H]1OC(C)=O. The summed E-state index contributed by atoms with van der Waals surface area (Å²) in [7, 11) is 0. The molecule has 0 aromatic carbocycles. The van der Waals surface area contributed by atoms with Crippen LogP contribution in [-0.4, -0.2) is 73.4 Å². The van der Waals surface area contributed by atoms with E-state index in [2.05, 4.69) is 25.9 Å². The van der Waals surface area contributed by atoms with Crippen LogP contribution in [0, 0.1) is 12.3 Å². The molecule has 0 bridgehead atoms. The summed E-state index contributed by atoms with van der Waals surface area (Å²) in [6, 6.07) is 0. The van der Waals surface area contributed by atoms with Crippen LogP contribution in [-0.2, 0) is 38.1 Å². The lowest BCUT2D eigenvalue weighted by molar-refractivity contribution is -0.178. The molecule has 1 fully saturated rings. The van der Waals surface area contributed by atoms with Crippen molar-refractivity contribution in [1.82, 2.24) is 24.5 Å². The van der Waals surface area contributed by atoms with Crippen LogP contribution in [0.4, 0.5) is 5.82 Å². The number of hydrogen-bond acceptors (Lipinski definition) is 14. The number of fused-ring (bicyclic) bond motifs is 1. The van der Waals surface area contributed by atoms with Crippen molar-refractivity contribution in [3.05, 3.63) is 28.2 Å². The van der Waals surface area contributed by atoms with Crippen molar-refractivity contribution < 1.29 is 38.1 Å². The molecule has 1 aliphatic rings. The molecule has 206 valence electrons. The van der Waals surface area contributed by atoms with Gasteiger partial charge in [-0.15, -0.1) is 17.8 Å². The smallest absolute Gasteiger partial charge is 0.341 e. The number of thiazole rings is 1. The molecule has 1 saturated heterocycles. The highest BCUT2D eigenvalue weighted by atomic mass is 35.5. The van der Waals surface area contributed by atoms with Crippen LogP contribution < -0.4 is 5.73 Å². The number of terminal acetylenes is 1. The fourth-order valence-electron chi connectivity index (χ4n) is 4.13. The van der Waals surface area contributed by atoms with Gasteiger partial charge in [-0.3, -0.25) is 14.2 Å². The molecule has 16 heteroatoms. The van der Waals surface area contributed by atoms with Gasteiger partial charge in [0.2, 0.25) is 17.0 Å². The Kier molecular flexibility index (Phi) is 8.31. The van der Waals surface area contributed by atoms with E-state index in [-0.39, 0.29) is 28.9 Å². The van der Waals surface area contributed by atoms with E-state index in [9.17, 15) is 14.4 Å². The zero-order valence-corrected chi connectivity index (χ0v) is 22.5. The molecular weight excluding hydrogens is 556 g/mol. The number of halogens is 1.